The summed E-state index contributed by atoms with van der Waals surface area (Å²) >= 11 is 0. The van der Waals surface area contributed by atoms with Gasteiger partial charge in [0, 0.05) is 12.8 Å². The van der Waals surface area contributed by atoms with Crippen molar-refractivity contribution in [1.82, 2.24) is 0 Å². The second-order valence-corrected chi connectivity index (χ2v) is 4.69. The molecule has 0 saturated carbocycles. The van der Waals surface area contributed by atoms with Crippen molar-refractivity contribution in [3.8, 4) is 5.75 Å². The maximum absolute atomic E-state index is 9.97. The van der Waals surface area contributed by atoms with Gasteiger partial charge < -0.3 is 20.4 Å². The molecule has 1 aromatic carbocycles. The molecule has 0 aliphatic carbocycles. The molecule has 0 aliphatic heterocycles. The maximum atomic E-state index is 9.97. The Kier molecular flexibility index (Phi) is 7.05. The first kappa shape index (κ1) is 16.5. The van der Waals surface area contributed by atoms with Crippen LogP contribution in [0.1, 0.15) is 37.9 Å². The average Bonchev–Trinajstić information content (AvgIpc) is 2.46. The molecule has 0 heterocycles. The van der Waals surface area contributed by atoms with Crippen LogP contribution in [0.4, 0.5) is 0 Å². The van der Waals surface area contributed by atoms with Gasteiger partial charge in [-0.15, -0.1) is 5.73 Å². The number of aliphatic hydroxyl groups excluding tert-OH is 3. The number of hydrogen-bond acceptors (Lipinski definition) is 4. The van der Waals surface area contributed by atoms with Crippen LogP contribution in [-0.2, 0) is 0 Å². The third-order valence-corrected chi connectivity index (χ3v) is 3.04. The Labute approximate surface area is 119 Å². The van der Waals surface area contributed by atoms with Crippen molar-refractivity contribution in [3.63, 3.8) is 0 Å². The monoisotopic (exact) mass is 278 g/mol. The van der Waals surface area contributed by atoms with E-state index >= 15 is 0 Å². The van der Waals surface area contributed by atoms with Crippen molar-refractivity contribution in [2.24, 2.45) is 0 Å². The Balaban J connectivity index is 2.63. The van der Waals surface area contributed by atoms with Crippen LogP contribution in [0.25, 0.3) is 0 Å². The molecule has 0 aliphatic rings. The van der Waals surface area contributed by atoms with Crippen molar-refractivity contribution in [2.75, 3.05) is 6.61 Å². The minimum Gasteiger partial charge on any atom is -0.508 e. The summed E-state index contributed by atoms with van der Waals surface area (Å²) in [5.41, 5.74) is 4.70. The molecule has 0 aromatic heterocycles. The van der Waals surface area contributed by atoms with Gasteiger partial charge in [0.05, 0.1) is 18.8 Å². The third kappa shape index (κ3) is 5.59. The number of benzene rings is 1. The quantitative estimate of drug-likeness (QED) is 0.575. The molecule has 4 nitrogen and oxygen atoms in total. The third-order valence-electron chi connectivity index (χ3n) is 3.04. The highest BCUT2D eigenvalue weighted by Gasteiger charge is 2.06. The Bertz CT molecular complexity index is 458. The smallest absolute Gasteiger partial charge is 0.115 e. The van der Waals surface area contributed by atoms with E-state index in [1.165, 1.54) is 12.1 Å². The molecule has 20 heavy (non-hydrogen) atoms. The predicted molar refractivity (Wildman–Crippen MR) is 77.3 cm³/mol. The standard InChI is InChI=1S/C16H22O4/c1-2-12(10-15(19)11-17)4-3-5-16(20)13-6-8-14(18)9-7-13/h3,6-9,15-20H,2,5,10-11H2,1H3/t4?,15-,16-/m1/s1. The fraction of sp³-hybridized carbons (Fsp3) is 0.438. The lowest BCUT2D eigenvalue weighted by molar-refractivity contribution is 0.0950. The van der Waals surface area contributed by atoms with Crippen molar-refractivity contribution in [1.29, 1.82) is 0 Å². The molecule has 2 atom stereocenters. The van der Waals surface area contributed by atoms with Crippen molar-refractivity contribution in [3.05, 3.63) is 47.2 Å². The van der Waals surface area contributed by atoms with Gasteiger partial charge in [0.25, 0.3) is 0 Å². The highest BCUT2D eigenvalue weighted by atomic mass is 16.3. The van der Waals surface area contributed by atoms with E-state index in [1.54, 1.807) is 18.2 Å². The molecule has 0 unspecified atom stereocenters. The molecule has 0 spiro atoms. The SMILES string of the molecule is CCC(=C=CC[C@@H](O)c1ccc(O)cc1)C[C@@H](O)CO. The fourth-order valence-electron chi connectivity index (χ4n) is 1.80. The van der Waals surface area contributed by atoms with Crippen LogP contribution in [0, 0.1) is 0 Å². The predicted octanol–water partition coefficient (Wildman–Crippen LogP) is 2.05. The summed E-state index contributed by atoms with van der Waals surface area (Å²) in [6, 6.07) is 6.42. The zero-order valence-electron chi connectivity index (χ0n) is 11.7. The van der Waals surface area contributed by atoms with Crippen LogP contribution in [-0.4, -0.2) is 33.1 Å². The van der Waals surface area contributed by atoms with Crippen LogP contribution in [0.5, 0.6) is 5.75 Å². The molecule has 0 fully saturated rings. The molecule has 0 saturated heterocycles. The van der Waals surface area contributed by atoms with Crippen LogP contribution in [0.2, 0.25) is 0 Å². The number of phenolic OH excluding ortho intramolecular Hbond substituents is 1. The second-order valence-electron chi connectivity index (χ2n) is 4.69. The Hall–Kier alpha value is -1.58. The molecule has 4 N–H and O–H groups in total. The topological polar surface area (TPSA) is 80.9 Å². The van der Waals surface area contributed by atoms with Gasteiger partial charge in [0.2, 0.25) is 0 Å². The number of phenols is 1. The first-order valence-electron chi connectivity index (χ1n) is 6.75. The highest BCUT2D eigenvalue weighted by molar-refractivity contribution is 5.27. The van der Waals surface area contributed by atoms with Gasteiger partial charge in [-0.1, -0.05) is 19.1 Å². The van der Waals surface area contributed by atoms with E-state index in [9.17, 15) is 15.3 Å². The summed E-state index contributed by atoms with van der Waals surface area (Å²) in [5, 5.41) is 37.3. The minimum absolute atomic E-state index is 0.169. The van der Waals surface area contributed by atoms with E-state index in [1.807, 2.05) is 6.92 Å². The van der Waals surface area contributed by atoms with Gasteiger partial charge in [-0.05, 0) is 35.8 Å². The lowest BCUT2D eigenvalue weighted by Gasteiger charge is -2.08. The molecule has 0 bridgehead atoms. The lowest BCUT2D eigenvalue weighted by atomic mass is 10.0. The van der Waals surface area contributed by atoms with E-state index in [-0.39, 0.29) is 12.4 Å². The Morgan fingerprint density at radius 3 is 2.45 bits per heavy atom. The molecule has 110 valence electrons. The highest BCUT2D eigenvalue weighted by Crippen LogP contribution is 2.19. The fourth-order valence-corrected chi connectivity index (χ4v) is 1.80. The summed E-state index contributed by atoms with van der Waals surface area (Å²) in [5.74, 6) is 0.169. The van der Waals surface area contributed by atoms with Crippen molar-refractivity contribution in [2.45, 2.75) is 38.4 Å². The van der Waals surface area contributed by atoms with Gasteiger partial charge in [-0.25, -0.2) is 0 Å². The first-order chi connectivity index (χ1) is 9.56. The summed E-state index contributed by atoms with van der Waals surface area (Å²) in [6.07, 6.45) is 1.86. The van der Waals surface area contributed by atoms with Gasteiger partial charge in [-0.2, -0.15) is 0 Å². The molecule has 0 amide bonds. The summed E-state index contributed by atoms with van der Waals surface area (Å²) in [4.78, 5) is 0. The number of aromatic hydroxyl groups is 1. The van der Waals surface area contributed by atoms with Gasteiger partial charge in [-0.3, -0.25) is 0 Å². The summed E-state index contributed by atoms with van der Waals surface area (Å²) < 4.78 is 0. The minimum atomic E-state index is -0.757. The van der Waals surface area contributed by atoms with E-state index in [0.29, 0.717) is 12.8 Å². The van der Waals surface area contributed by atoms with Gasteiger partial charge in [0.15, 0.2) is 0 Å². The molecule has 1 aromatic rings. The molecular formula is C16H22O4. The van der Waals surface area contributed by atoms with E-state index in [0.717, 1.165) is 17.6 Å². The van der Waals surface area contributed by atoms with E-state index < -0.39 is 12.2 Å². The second kappa shape index (κ2) is 8.56. The largest absolute Gasteiger partial charge is 0.508 e. The van der Waals surface area contributed by atoms with Crippen molar-refractivity contribution < 1.29 is 20.4 Å². The molecule has 1 rings (SSSR count). The normalized spacial score (nSPS) is 13.4. The number of hydrogen-bond donors (Lipinski definition) is 4. The zero-order valence-corrected chi connectivity index (χ0v) is 11.7. The summed E-state index contributed by atoms with van der Waals surface area (Å²) in [6.45, 7) is 1.69. The van der Waals surface area contributed by atoms with E-state index in [2.05, 4.69) is 5.73 Å². The van der Waals surface area contributed by atoms with E-state index in [4.69, 9.17) is 5.11 Å². The average molecular weight is 278 g/mol. The molecular weight excluding hydrogens is 256 g/mol. The van der Waals surface area contributed by atoms with Gasteiger partial charge >= 0.3 is 0 Å². The first-order valence-corrected chi connectivity index (χ1v) is 6.75. The maximum Gasteiger partial charge on any atom is 0.115 e. The number of rotatable bonds is 7. The number of aliphatic hydroxyl groups is 3. The van der Waals surface area contributed by atoms with Crippen molar-refractivity contribution >= 4 is 0 Å². The Morgan fingerprint density at radius 2 is 1.90 bits per heavy atom. The molecule has 4 heteroatoms. The van der Waals surface area contributed by atoms with Crippen LogP contribution >= 0.6 is 0 Å². The van der Waals surface area contributed by atoms with Crippen LogP contribution in [0.3, 0.4) is 0 Å². The Morgan fingerprint density at radius 1 is 1.25 bits per heavy atom. The summed E-state index contributed by atoms with van der Waals surface area (Å²) in [7, 11) is 0. The van der Waals surface area contributed by atoms with Crippen LogP contribution < -0.4 is 0 Å². The van der Waals surface area contributed by atoms with Crippen LogP contribution in [0.15, 0.2) is 41.6 Å². The molecule has 0 radical (unpaired) electrons. The zero-order chi connectivity index (χ0) is 15.0. The lowest BCUT2D eigenvalue weighted by Crippen LogP contribution is -2.12. The van der Waals surface area contributed by atoms with Gasteiger partial charge in [0.1, 0.15) is 5.75 Å².